The topological polar surface area (TPSA) is 38.0 Å². The van der Waals surface area contributed by atoms with Gasteiger partial charge in [-0.05, 0) is 29.2 Å². The highest BCUT2D eigenvalue weighted by Crippen LogP contribution is 2.31. The summed E-state index contributed by atoms with van der Waals surface area (Å²) in [6.45, 7) is 1.01. The fraction of sp³-hybridized carbons (Fsp3) is 0.200. The van der Waals surface area contributed by atoms with E-state index in [9.17, 15) is 0 Å². The molecular weight excluding hydrogens is 208 g/mol. The number of benzene rings is 2. The summed E-state index contributed by atoms with van der Waals surface area (Å²) >= 11 is 0. The zero-order valence-corrected chi connectivity index (χ0v) is 9.69. The summed E-state index contributed by atoms with van der Waals surface area (Å²) in [6.07, 6.45) is 1.10. The van der Waals surface area contributed by atoms with Crippen LogP contribution < -0.4 is 11.1 Å². The molecule has 1 atom stereocenters. The van der Waals surface area contributed by atoms with Gasteiger partial charge in [-0.3, -0.25) is 0 Å². The lowest BCUT2D eigenvalue weighted by Crippen LogP contribution is -2.30. The summed E-state index contributed by atoms with van der Waals surface area (Å²) in [4.78, 5) is 0. The van der Waals surface area contributed by atoms with Gasteiger partial charge in [0.05, 0.1) is 6.04 Å². The molecule has 1 aliphatic heterocycles. The molecule has 86 valence electrons. The van der Waals surface area contributed by atoms with E-state index in [0.29, 0.717) is 0 Å². The van der Waals surface area contributed by atoms with Crippen molar-refractivity contribution < 1.29 is 0 Å². The van der Waals surface area contributed by atoms with Gasteiger partial charge in [-0.15, -0.1) is 0 Å². The molecule has 0 saturated carbocycles. The molecule has 2 nitrogen and oxygen atoms in total. The minimum absolute atomic E-state index is 0.237. The largest absolute Gasteiger partial charge is 0.398 e. The lowest BCUT2D eigenvalue weighted by Gasteiger charge is -2.28. The maximum atomic E-state index is 6.07. The van der Waals surface area contributed by atoms with Crippen LogP contribution in [-0.2, 0) is 6.42 Å². The Bertz CT molecular complexity index is 534. The number of hydrogen-bond donors (Lipinski definition) is 2. The number of rotatable bonds is 1. The third-order valence-corrected chi connectivity index (χ3v) is 3.42. The summed E-state index contributed by atoms with van der Waals surface area (Å²) in [6, 6.07) is 16.9. The van der Waals surface area contributed by atoms with Crippen LogP contribution in [0.2, 0.25) is 0 Å². The van der Waals surface area contributed by atoms with E-state index in [-0.39, 0.29) is 6.04 Å². The van der Waals surface area contributed by atoms with Crippen molar-refractivity contribution in [2.24, 2.45) is 0 Å². The molecular formula is C15H16N2. The van der Waals surface area contributed by atoms with Crippen molar-refractivity contribution in [3.8, 4) is 0 Å². The lowest BCUT2D eigenvalue weighted by atomic mass is 9.89. The third kappa shape index (κ3) is 1.81. The van der Waals surface area contributed by atoms with E-state index >= 15 is 0 Å². The first-order valence-electron chi connectivity index (χ1n) is 6.02. The normalized spacial score (nSPS) is 18.7. The van der Waals surface area contributed by atoms with Gasteiger partial charge in [0.2, 0.25) is 0 Å². The minimum Gasteiger partial charge on any atom is -0.398 e. The summed E-state index contributed by atoms with van der Waals surface area (Å²) in [5.41, 5.74) is 10.9. The molecule has 0 amide bonds. The molecule has 3 rings (SSSR count). The van der Waals surface area contributed by atoms with E-state index < -0.39 is 0 Å². The monoisotopic (exact) mass is 224 g/mol. The Morgan fingerprint density at radius 2 is 1.65 bits per heavy atom. The van der Waals surface area contributed by atoms with Gasteiger partial charge >= 0.3 is 0 Å². The van der Waals surface area contributed by atoms with Crippen LogP contribution in [0.3, 0.4) is 0 Å². The van der Waals surface area contributed by atoms with Crippen molar-refractivity contribution in [1.82, 2.24) is 5.32 Å². The lowest BCUT2D eigenvalue weighted by molar-refractivity contribution is 0.569. The van der Waals surface area contributed by atoms with Crippen molar-refractivity contribution in [3.05, 3.63) is 65.2 Å². The molecule has 2 heteroatoms. The maximum Gasteiger partial charge on any atom is 0.0599 e. The van der Waals surface area contributed by atoms with Crippen LogP contribution >= 0.6 is 0 Å². The molecule has 3 N–H and O–H groups in total. The third-order valence-electron chi connectivity index (χ3n) is 3.42. The smallest absolute Gasteiger partial charge is 0.0599 e. The number of para-hydroxylation sites is 1. The van der Waals surface area contributed by atoms with Crippen LogP contribution in [0.1, 0.15) is 22.7 Å². The first-order chi connectivity index (χ1) is 8.36. The summed E-state index contributed by atoms with van der Waals surface area (Å²) in [7, 11) is 0. The summed E-state index contributed by atoms with van der Waals surface area (Å²) in [5.74, 6) is 0. The van der Waals surface area contributed by atoms with Gasteiger partial charge in [-0.25, -0.2) is 0 Å². The first kappa shape index (κ1) is 10.4. The number of nitrogens with two attached hydrogens (primary N) is 1. The molecule has 2 aromatic carbocycles. The second-order valence-corrected chi connectivity index (χ2v) is 4.46. The van der Waals surface area contributed by atoms with Crippen LogP contribution in [0, 0.1) is 0 Å². The average molecular weight is 224 g/mol. The molecule has 0 aliphatic carbocycles. The van der Waals surface area contributed by atoms with E-state index in [1.165, 1.54) is 16.7 Å². The molecule has 17 heavy (non-hydrogen) atoms. The molecule has 2 aromatic rings. The van der Waals surface area contributed by atoms with Gasteiger partial charge < -0.3 is 11.1 Å². The fourth-order valence-electron chi connectivity index (χ4n) is 2.56. The zero-order chi connectivity index (χ0) is 11.7. The Balaban J connectivity index is 2.09. The molecule has 0 bridgehead atoms. The molecule has 0 radical (unpaired) electrons. The number of nitrogen functional groups attached to an aromatic ring is 1. The van der Waals surface area contributed by atoms with E-state index in [4.69, 9.17) is 5.73 Å². The van der Waals surface area contributed by atoms with E-state index in [2.05, 4.69) is 35.6 Å². The molecule has 0 spiro atoms. The Kier molecular flexibility index (Phi) is 2.57. The van der Waals surface area contributed by atoms with Crippen molar-refractivity contribution in [2.75, 3.05) is 12.3 Å². The number of nitrogens with one attached hydrogen (secondary N) is 1. The second kappa shape index (κ2) is 4.22. The Morgan fingerprint density at radius 1 is 0.941 bits per heavy atom. The molecule has 1 unspecified atom stereocenters. The summed E-state index contributed by atoms with van der Waals surface area (Å²) in [5, 5.41) is 3.55. The van der Waals surface area contributed by atoms with Crippen LogP contribution in [0.4, 0.5) is 5.69 Å². The maximum absolute atomic E-state index is 6.07. The standard InChI is InChI=1S/C15H16N2/c16-14-8-4-3-7-13(14)15-12-6-2-1-5-11(12)9-10-17-15/h1-8,15,17H,9-10,16H2. The molecule has 1 aliphatic rings. The number of hydrogen-bond acceptors (Lipinski definition) is 2. The average Bonchev–Trinajstić information content (AvgIpc) is 2.39. The van der Waals surface area contributed by atoms with E-state index in [1.807, 2.05) is 18.2 Å². The van der Waals surface area contributed by atoms with Gasteiger partial charge in [0.15, 0.2) is 0 Å². The minimum atomic E-state index is 0.237. The van der Waals surface area contributed by atoms with Gasteiger partial charge in [0.25, 0.3) is 0 Å². The number of fused-ring (bicyclic) bond motifs is 1. The van der Waals surface area contributed by atoms with Crippen LogP contribution in [0.15, 0.2) is 48.5 Å². The van der Waals surface area contributed by atoms with Crippen LogP contribution in [0.25, 0.3) is 0 Å². The fourth-order valence-corrected chi connectivity index (χ4v) is 2.56. The highest BCUT2D eigenvalue weighted by molar-refractivity contribution is 5.52. The van der Waals surface area contributed by atoms with Crippen LogP contribution in [0.5, 0.6) is 0 Å². The molecule has 0 aromatic heterocycles. The molecule has 0 fully saturated rings. The predicted octanol–water partition coefficient (Wildman–Crippen LogP) is 2.50. The van der Waals surface area contributed by atoms with Gasteiger partial charge in [0.1, 0.15) is 0 Å². The van der Waals surface area contributed by atoms with E-state index in [0.717, 1.165) is 18.7 Å². The quantitative estimate of drug-likeness (QED) is 0.730. The van der Waals surface area contributed by atoms with Crippen LogP contribution in [-0.4, -0.2) is 6.54 Å². The van der Waals surface area contributed by atoms with Crippen molar-refractivity contribution in [1.29, 1.82) is 0 Å². The zero-order valence-electron chi connectivity index (χ0n) is 9.69. The SMILES string of the molecule is Nc1ccccc1C1NCCc2ccccc21. The molecule has 1 heterocycles. The highest BCUT2D eigenvalue weighted by atomic mass is 14.9. The Morgan fingerprint density at radius 3 is 2.47 bits per heavy atom. The van der Waals surface area contributed by atoms with Crippen molar-refractivity contribution in [2.45, 2.75) is 12.5 Å². The van der Waals surface area contributed by atoms with E-state index in [1.54, 1.807) is 0 Å². The highest BCUT2D eigenvalue weighted by Gasteiger charge is 2.21. The Hall–Kier alpha value is -1.80. The van der Waals surface area contributed by atoms with Gasteiger partial charge in [-0.2, -0.15) is 0 Å². The van der Waals surface area contributed by atoms with Gasteiger partial charge in [-0.1, -0.05) is 42.5 Å². The Labute approximate surface area is 101 Å². The number of anilines is 1. The van der Waals surface area contributed by atoms with Gasteiger partial charge in [0, 0.05) is 12.2 Å². The first-order valence-corrected chi connectivity index (χ1v) is 6.02. The second-order valence-electron chi connectivity index (χ2n) is 4.46. The van der Waals surface area contributed by atoms with Crippen molar-refractivity contribution in [3.63, 3.8) is 0 Å². The summed E-state index contributed by atoms with van der Waals surface area (Å²) < 4.78 is 0. The molecule has 0 saturated heterocycles. The predicted molar refractivity (Wildman–Crippen MR) is 70.8 cm³/mol. The van der Waals surface area contributed by atoms with Crippen molar-refractivity contribution >= 4 is 5.69 Å².